The van der Waals surface area contributed by atoms with Gasteiger partial charge >= 0.3 is 12.4 Å². The number of para-hydroxylation sites is 2. The third-order valence-corrected chi connectivity index (χ3v) is 8.14. The Hall–Kier alpha value is -7.15. The van der Waals surface area contributed by atoms with Crippen LogP contribution in [0.3, 0.4) is 0 Å². The maximum Gasteiger partial charge on any atom is 0.310 e. The van der Waals surface area contributed by atoms with Crippen LogP contribution in [0.25, 0.3) is 22.5 Å². The number of nitrogens with two attached hydrogens (primary N) is 1. The fourth-order valence-corrected chi connectivity index (χ4v) is 5.57. The Kier molecular flexibility index (Phi) is 16.0. The van der Waals surface area contributed by atoms with Crippen LogP contribution < -0.4 is 24.7 Å². The van der Waals surface area contributed by atoms with Gasteiger partial charge in [-0.05, 0) is 65.7 Å². The van der Waals surface area contributed by atoms with Crippen molar-refractivity contribution in [2.45, 2.75) is 26.2 Å². The minimum absolute atomic E-state index is 0.0995. The fourth-order valence-electron chi connectivity index (χ4n) is 5.57. The predicted molar refractivity (Wildman–Crippen MR) is 212 cm³/mol. The summed E-state index contributed by atoms with van der Waals surface area (Å²) in [6, 6.07) is 31.1. The number of hydrogen-bond acceptors (Lipinski definition) is 13. The van der Waals surface area contributed by atoms with E-state index in [1.165, 1.54) is 0 Å². The van der Waals surface area contributed by atoms with Gasteiger partial charge in [0, 0.05) is 54.3 Å². The average Bonchev–Trinajstić information content (AvgIpc) is 3.22. The first-order chi connectivity index (χ1) is 27.2. The molecule has 6 rings (SSSR count). The number of hydrogen-bond donors (Lipinski definition) is 1. The monoisotopic (exact) mass is 757 g/mol. The molecular formula is C43H43N5O8. The molecule has 0 amide bonds. The van der Waals surface area contributed by atoms with Gasteiger partial charge in [-0.1, -0.05) is 42.5 Å². The van der Waals surface area contributed by atoms with Crippen LogP contribution >= 0.6 is 0 Å². The SMILES string of the molecule is CC(=O)OC=O.COc1ccc(Cc2cc(-c3ccccc3OC)ncn2)cc1CC=O.COc1ccc(Cc2cc(-c3ccccc3OC)ncn2)cc1N. The summed E-state index contributed by atoms with van der Waals surface area (Å²) in [7, 11) is 6.51. The zero-order valence-corrected chi connectivity index (χ0v) is 31.8. The van der Waals surface area contributed by atoms with E-state index in [-0.39, 0.29) is 6.47 Å². The largest absolute Gasteiger partial charge is 0.496 e. The summed E-state index contributed by atoms with van der Waals surface area (Å²) in [6.45, 7) is 1.26. The van der Waals surface area contributed by atoms with Crippen LogP contribution in [0.1, 0.15) is 35.0 Å². The standard InChI is InChI=1S/C21H20N2O3.C19H19N3O2.C3H4O3/c1-25-20-8-7-15(11-16(20)9-10-24)12-17-13-19(23-14-22-17)18-5-3-4-6-21(18)26-2;1-23-18-6-4-3-5-15(18)17-11-14(21-12-22-17)9-13-7-8-19(24-2)16(20)10-13;1-3(5)6-2-4/h3-8,10-11,13-14H,9,12H2,1-2H3;3-8,10-12H,9,20H2,1-2H3;2H,1H3. The molecule has 288 valence electrons. The minimum Gasteiger partial charge on any atom is -0.496 e. The molecule has 2 heterocycles. The van der Waals surface area contributed by atoms with Gasteiger partial charge < -0.3 is 34.2 Å². The van der Waals surface area contributed by atoms with E-state index in [0.717, 1.165) is 81.1 Å². The van der Waals surface area contributed by atoms with E-state index in [1.807, 2.05) is 97.1 Å². The van der Waals surface area contributed by atoms with Gasteiger partial charge in [-0.2, -0.15) is 0 Å². The first-order valence-electron chi connectivity index (χ1n) is 17.2. The second-order valence-corrected chi connectivity index (χ2v) is 11.8. The summed E-state index contributed by atoms with van der Waals surface area (Å²) < 4.78 is 25.0. The van der Waals surface area contributed by atoms with E-state index in [9.17, 15) is 14.4 Å². The zero-order chi connectivity index (χ0) is 40.3. The van der Waals surface area contributed by atoms with E-state index in [4.69, 9.17) is 24.7 Å². The molecule has 0 bridgehead atoms. The highest BCUT2D eigenvalue weighted by molar-refractivity contribution is 5.73. The summed E-state index contributed by atoms with van der Waals surface area (Å²) in [5, 5.41) is 0. The van der Waals surface area contributed by atoms with Crippen molar-refractivity contribution < 1.29 is 38.1 Å². The molecule has 0 aliphatic heterocycles. The summed E-state index contributed by atoms with van der Waals surface area (Å²) in [5.41, 5.74) is 14.9. The second-order valence-electron chi connectivity index (χ2n) is 11.8. The number of anilines is 1. The van der Waals surface area contributed by atoms with Crippen molar-refractivity contribution in [3.05, 3.63) is 138 Å². The Morgan fingerprint density at radius 1 is 0.607 bits per heavy atom. The molecule has 6 aromatic rings. The van der Waals surface area contributed by atoms with Crippen LogP contribution in [-0.2, 0) is 38.4 Å². The first kappa shape index (κ1) is 41.6. The molecule has 0 saturated heterocycles. The number of carbonyl (C=O) groups excluding carboxylic acids is 3. The highest BCUT2D eigenvalue weighted by Gasteiger charge is 2.11. The number of ether oxygens (including phenoxy) is 5. The lowest BCUT2D eigenvalue weighted by Gasteiger charge is -2.10. The lowest BCUT2D eigenvalue weighted by molar-refractivity contribution is -0.149. The Balaban J connectivity index is 0.000000218. The van der Waals surface area contributed by atoms with Crippen molar-refractivity contribution in [2.75, 3.05) is 34.2 Å². The summed E-state index contributed by atoms with van der Waals surface area (Å²) in [4.78, 5) is 47.1. The number of aromatic nitrogens is 4. The molecule has 0 fully saturated rings. The molecule has 0 radical (unpaired) electrons. The molecule has 56 heavy (non-hydrogen) atoms. The molecule has 0 aliphatic rings. The van der Waals surface area contributed by atoms with Crippen LogP contribution in [0.2, 0.25) is 0 Å². The lowest BCUT2D eigenvalue weighted by atomic mass is 10.0. The van der Waals surface area contributed by atoms with Gasteiger partial charge in [-0.15, -0.1) is 0 Å². The summed E-state index contributed by atoms with van der Waals surface area (Å²) >= 11 is 0. The van der Waals surface area contributed by atoms with E-state index < -0.39 is 5.97 Å². The van der Waals surface area contributed by atoms with Gasteiger partial charge in [-0.25, -0.2) is 19.9 Å². The fraction of sp³-hybridized carbons (Fsp3) is 0.186. The third-order valence-electron chi connectivity index (χ3n) is 8.14. The van der Waals surface area contributed by atoms with Crippen molar-refractivity contribution in [3.63, 3.8) is 0 Å². The molecule has 0 saturated carbocycles. The van der Waals surface area contributed by atoms with Crippen LogP contribution in [0.15, 0.2) is 110 Å². The molecule has 0 aliphatic carbocycles. The van der Waals surface area contributed by atoms with Gasteiger partial charge in [0.15, 0.2) is 0 Å². The molecule has 2 N–H and O–H groups in total. The molecule has 13 heteroatoms. The maximum absolute atomic E-state index is 10.9. The van der Waals surface area contributed by atoms with E-state index in [0.29, 0.717) is 30.7 Å². The highest BCUT2D eigenvalue weighted by atomic mass is 16.6. The Labute approximate surface area is 325 Å². The molecule has 0 unspecified atom stereocenters. The van der Waals surface area contributed by atoms with Crippen LogP contribution in [0.4, 0.5) is 5.69 Å². The van der Waals surface area contributed by atoms with Gasteiger partial charge in [0.1, 0.15) is 41.9 Å². The minimum atomic E-state index is -0.579. The molecule has 13 nitrogen and oxygen atoms in total. The number of carbonyl (C=O) groups is 3. The Morgan fingerprint density at radius 2 is 1.09 bits per heavy atom. The molecule has 0 spiro atoms. The van der Waals surface area contributed by atoms with Gasteiger partial charge in [-0.3, -0.25) is 9.59 Å². The summed E-state index contributed by atoms with van der Waals surface area (Å²) in [6.07, 6.45) is 5.65. The van der Waals surface area contributed by atoms with Crippen molar-refractivity contribution in [1.82, 2.24) is 19.9 Å². The number of nitrogen functional groups attached to an aromatic ring is 1. The molecule has 2 aromatic heterocycles. The van der Waals surface area contributed by atoms with Crippen molar-refractivity contribution in [3.8, 4) is 45.5 Å². The number of esters is 1. The number of nitrogens with zero attached hydrogens (tertiary/aromatic N) is 4. The van der Waals surface area contributed by atoms with Crippen molar-refractivity contribution in [2.24, 2.45) is 0 Å². The lowest BCUT2D eigenvalue weighted by Crippen LogP contribution is -1.99. The van der Waals surface area contributed by atoms with Gasteiger partial charge in [0.25, 0.3) is 0 Å². The normalized spacial score (nSPS) is 10.0. The van der Waals surface area contributed by atoms with Crippen LogP contribution in [0.5, 0.6) is 23.0 Å². The Morgan fingerprint density at radius 3 is 1.52 bits per heavy atom. The Bertz CT molecular complexity index is 2230. The van der Waals surface area contributed by atoms with Crippen molar-refractivity contribution in [1.29, 1.82) is 0 Å². The van der Waals surface area contributed by atoms with Crippen molar-refractivity contribution >= 4 is 24.4 Å². The van der Waals surface area contributed by atoms with E-state index in [1.54, 1.807) is 41.1 Å². The molecule has 0 atom stereocenters. The predicted octanol–water partition coefficient (Wildman–Crippen LogP) is 6.53. The quantitative estimate of drug-likeness (QED) is 0.0583. The first-order valence-corrected chi connectivity index (χ1v) is 17.2. The number of methoxy groups -OCH3 is 4. The zero-order valence-electron chi connectivity index (χ0n) is 31.8. The van der Waals surface area contributed by atoms with E-state index in [2.05, 4.69) is 24.7 Å². The molecule has 4 aromatic carbocycles. The van der Waals surface area contributed by atoms with E-state index >= 15 is 0 Å². The number of rotatable bonds is 13. The van der Waals surface area contributed by atoms with Crippen LogP contribution in [-0.4, -0.2) is 67.1 Å². The molecular weight excluding hydrogens is 714 g/mol. The van der Waals surface area contributed by atoms with Gasteiger partial charge in [0.2, 0.25) is 0 Å². The topological polar surface area (TPSA) is 175 Å². The third kappa shape index (κ3) is 11.9. The number of benzene rings is 4. The van der Waals surface area contributed by atoms with Gasteiger partial charge in [0.05, 0.1) is 45.5 Å². The number of aldehydes is 1. The van der Waals surface area contributed by atoms with Crippen LogP contribution in [0, 0.1) is 0 Å². The average molecular weight is 758 g/mol. The summed E-state index contributed by atoms with van der Waals surface area (Å²) in [5.74, 6) is 2.38. The maximum atomic E-state index is 10.9. The highest BCUT2D eigenvalue weighted by Crippen LogP contribution is 2.30. The smallest absolute Gasteiger partial charge is 0.310 e. The second kappa shape index (κ2) is 21.5.